The maximum absolute atomic E-state index is 6.38. The van der Waals surface area contributed by atoms with E-state index < -0.39 is 5.79 Å². The Hall–Kier alpha value is -0.930. The second kappa shape index (κ2) is 3.55. The first kappa shape index (κ1) is 12.1. The highest BCUT2D eigenvalue weighted by Crippen LogP contribution is 2.55. The van der Waals surface area contributed by atoms with Crippen molar-refractivity contribution in [1.29, 1.82) is 0 Å². The molecule has 1 saturated carbocycles. The number of rotatable bonds is 2. The van der Waals surface area contributed by atoms with Gasteiger partial charge in [0, 0.05) is 36.4 Å². The van der Waals surface area contributed by atoms with Gasteiger partial charge in [0.1, 0.15) is 0 Å². The largest absolute Gasteiger partial charge is 0.449 e. The first-order valence-electron chi connectivity index (χ1n) is 6.32. The van der Waals surface area contributed by atoms with Crippen LogP contribution in [0.3, 0.4) is 0 Å². The monoisotopic (exact) mass is 267 g/mol. The number of hydrogen-bond acceptors (Lipinski definition) is 3. The van der Waals surface area contributed by atoms with Gasteiger partial charge in [-0.1, -0.05) is 11.6 Å². The molecule has 1 aromatic carbocycles. The average molecular weight is 268 g/mol. The normalized spacial score (nSPS) is 23.8. The van der Waals surface area contributed by atoms with E-state index in [9.17, 15) is 0 Å². The smallest absolute Gasteiger partial charge is 0.246 e. The fourth-order valence-electron chi connectivity index (χ4n) is 2.73. The van der Waals surface area contributed by atoms with E-state index in [2.05, 4.69) is 0 Å². The van der Waals surface area contributed by atoms with Gasteiger partial charge in [-0.2, -0.15) is 0 Å². The Morgan fingerprint density at radius 1 is 1.22 bits per heavy atom. The SMILES string of the molecule is CC(N)C1(c2cc3c(cc2Cl)OC(C)(C)O3)CC1. The Kier molecular flexibility index (Phi) is 2.39. The number of benzene rings is 1. The van der Waals surface area contributed by atoms with E-state index in [0.29, 0.717) is 5.75 Å². The van der Waals surface area contributed by atoms with Gasteiger partial charge in [0.15, 0.2) is 11.5 Å². The Balaban J connectivity index is 2.05. The van der Waals surface area contributed by atoms with Crippen molar-refractivity contribution in [2.24, 2.45) is 5.73 Å². The van der Waals surface area contributed by atoms with E-state index in [4.69, 9.17) is 26.8 Å². The van der Waals surface area contributed by atoms with Crippen LogP contribution in [0, 0.1) is 0 Å². The molecule has 0 bridgehead atoms. The molecule has 2 aliphatic rings. The van der Waals surface area contributed by atoms with E-state index in [0.717, 1.165) is 29.2 Å². The van der Waals surface area contributed by atoms with Crippen LogP contribution in [0.25, 0.3) is 0 Å². The number of hydrogen-bond donors (Lipinski definition) is 1. The minimum atomic E-state index is -0.616. The minimum absolute atomic E-state index is 0.0300. The van der Waals surface area contributed by atoms with Crippen molar-refractivity contribution in [2.75, 3.05) is 0 Å². The Labute approximate surface area is 112 Å². The van der Waals surface area contributed by atoms with E-state index in [1.54, 1.807) is 0 Å². The molecule has 0 spiro atoms. The molecule has 1 atom stereocenters. The van der Waals surface area contributed by atoms with Crippen molar-refractivity contribution in [3.63, 3.8) is 0 Å². The van der Waals surface area contributed by atoms with Crippen molar-refractivity contribution in [2.45, 2.75) is 50.9 Å². The molecular formula is C14H18ClNO2. The zero-order chi connectivity index (χ0) is 13.1. The minimum Gasteiger partial charge on any atom is -0.449 e. The molecule has 1 unspecified atom stereocenters. The number of ether oxygens (including phenoxy) is 2. The third kappa shape index (κ3) is 1.69. The van der Waals surface area contributed by atoms with Crippen molar-refractivity contribution in [3.8, 4) is 11.5 Å². The van der Waals surface area contributed by atoms with Gasteiger partial charge in [-0.3, -0.25) is 0 Å². The van der Waals surface area contributed by atoms with Crippen LogP contribution >= 0.6 is 11.6 Å². The summed E-state index contributed by atoms with van der Waals surface area (Å²) in [6, 6.07) is 3.95. The van der Waals surface area contributed by atoms with E-state index >= 15 is 0 Å². The van der Waals surface area contributed by atoms with Gasteiger partial charge < -0.3 is 15.2 Å². The molecule has 0 saturated heterocycles. The Morgan fingerprint density at radius 2 is 1.78 bits per heavy atom. The molecule has 1 aromatic rings. The van der Waals surface area contributed by atoms with Crippen molar-refractivity contribution in [3.05, 3.63) is 22.7 Å². The van der Waals surface area contributed by atoms with E-state index in [-0.39, 0.29) is 11.5 Å². The van der Waals surface area contributed by atoms with E-state index in [1.165, 1.54) is 0 Å². The zero-order valence-corrected chi connectivity index (χ0v) is 11.7. The highest BCUT2D eigenvalue weighted by Gasteiger charge is 2.49. The first-order valence-corrected chi connectivity index (χ1v) is 6.69. The summed E-state index contributed by atoms with van der Waals surface area (Å²) in [5, 5.41) is 0.727. The molecule has 18 heavy (non-hydrogen) atoms. The molecule has 0 aromatic heterocycles. The van der Waals surface area contributed by atoms with Gasteiger partial charge >= 0.3 is 0 Å². The summed E-state index contributed by atoms with van der Waals surface area (Å²) in [5.41, 5.74) is 7.23. The highest BCUT2D eigenvalue weighted by atomic mass is 35.5. The van der Waals surface area contributed by atoms with Crippen LogP contribution < -0.4 is 15.2 Å². The van der Waals surface area contributed by atoms with Crippen LogP contribution in [0.15, 0.2) is 12.1 Å². The van der Waals surface area contributed by atoms with Crippen LogP contribution in [0.4, 0.5) is 0 Å². The topological polar surface area (TPSA) is 44.5 Å². The summed E-state index contributed by atoms with van der Waals surface area (Å²) in [4.78, 5) is 0. The summed E-state index contributed by atoms with van der Waals surface area (Å²) in [6.07, 6.45) is 2.18. The lowest BCUT2D eigenvalue weighted by atomic mass is 9.89. The second-order valence-corrected chi connectivity index (χ2v) is 6.23. The maximum Gasteiger partial charge on any atom is 0.246 e. The van der Waals surface area contributed by atoms with Crippen LogP contribution in [-0.4, -0.2) is 11.8 Å². The van der Waals surface area contributed by atoms with Gasteiger partial charge in [0.05, 0.1) is 0 Å². The third-order valence-electron chi connectivity index (χ3n) is 3.94. The predicted molar refractivity (Wildman–Crippen MR) is 71.3 cm³/mol. The standard InChI is InChI=1S/C14H18ClNO2/c1-8(16)14(4-5-14)9-6-11-12(7-10(9)15)18-13(2,3)17-11/h6-8H,4-5,16H2,1-3H3. The summed E-state index contributed by atoms with van der Waals surface area (Å²) in [7, 11) is 0. The molecule has 1 aliphatic carbocycles. The fourth-order valence-corrected chi connectivity index (χ4v) is 3.07. The van der Waals surface area contributed by atoms with Crippen molar-refractivity contribution in [1.82, 2.24) is 0 Å². The maximum atomic E-state index is 6.38. The van der Waals surface area contributed by atoms with Crippen LogP contribution in [-0.2, 0) is 5.41 Å². The Morgan fingerprint density at radius 3 is 2.28 bits per heavy atom. The van der Waals surface area contributed by atoms with Crippen molar-refractivity contribution < 1.29 is 9.47 Å². The average Bonchev–Trinajstić information content (AvgIpc) is 2.97. The molecule has 1 heterocycles. The van der Waals surface area contributed by atoms with Gasteiger partial charge in [0.2, 0.25) is 5.79 Å². The molecule has 0 radical (unpaired) electrons. The summed E-state index contributed by atoms with van der Waals surface area (Å²) in [5.74, 6) is 0.871. The fraction of sp³-hybridized carbons (Fsp3) is 0.571. The quantitative estimate of drug-likeness (QED) is 0.895. The second-order valence-electron chi connectivity index (χ2n) is 5.83. The lowest BCUT2D eigenvalue weighted by molar-refractivity contribution is -0.0431. The van der Waals surface area contributed by atoms with Crippen LogP contribution in [0.2, 0.25) is 5.02 Å². The number of nitrogens with two attached hydrogens (primary N) is 1. The summed E-state index contributed by atoms with van der Waals surface area (Å²) in [6.45, 7) is 5.82. The van der Waals surface area contributed by atoms with Gasteiger partial charge in [0.25, 0.3) is 0 Å². The molecule has 3 rings (SSSR count). The van der Waals surface area contributed by atoms with Gasteiger partial charge in [-0.05, 0) is 31.4 Å². The van der Waals surface area contributed by atoms with Crippen LogP contribution in [0.1, 0.15) is 39.2 Å². The zero-order valence-electron chi connectivity index (χ0n) is 10.9. The highest BCUT2D eigenvalue weighted by molar-refractivity contribution is 6.31. The van der Waals surface area contributed by atoms with Crippen molar-refractivity contribution >= 4 is 11.6 Å². The molecule has 3 nitrogen and oxygen atoms in total. The van der Waals surface area contributed by atoms with Gasteiger partial charge in [-0.15, -0.1) is 0 Å². The summed E-state index contributed by atoms with van der Waals surface area (Å²) >= 11 is 6.38. The lowest BCUT2D eigenvalue weighted by Gasteiger charge is -2.21. The van der Waals surface area contributed by atoms with Gasteiger partial charge in [-0.25, -0.2) is 0 Å². The number of fused-ring (bicyclic) bond motifs is 1. The third-order valence-corrected chi connectivity index (χ3v) is 4.25. The molecule has 0 amide bonds. The number of halogens is 1. The molecular weight excluding hydrogens is 250 g/mol. The van der Waals surface area contributed by atoms with E-state index in [1.807, 2.05) is 32.9 Å². The molecule has 1 fully saturated rings. The molecule has 2 N–H and O–H groups in total. The lowest BCUT2D eigenvalue weighted by Crippen LogP contribution is -2.31. The predicted octanol–water partition coefficient (Wildman–Crippen LogP) is 3.23. The summed E-state index contributed by atoms with van der Waals surface area (Å²) < 4.78 is 11.5. The first-order chi connectivity index (χ1) is 8.34. The molecule has 4 heteroatoms. The van der Waals surface area contributed by atoms with Crippen LogP contribution in [0.5, 0.6) is 11.5 Å². The molecule has 98 valence electrons. The molecule has 1 aliphatic heterocycles. The Bertz CT molecular complexity index is 507.